The second kappa shape index (κ2) is 9.38. The maximum atomic E-state index is 13.1. The third-order valence-corrected chi connectivity index (χ3v) is 6.16. The summed E-state index contributed by atoms with van der Waals surface area (Å²) in [5.74, 6) is -0.928. The monoisotopic (exact) mass is 439 g/mol. The summed E-state index contributed by atoms with van der Waals surface area (Å²) >= 11 is 0. The summed E-state index contributed by atoms with van der Waals surface area (Å²) in [4.78, 5) is 43.3. The molecule has 8 heteroatoms. The van der Waals surface area contributed by atoms with Gasteiger partial charge in [-0.25, -0.2) is 4.39 Å². The van der Waals surface area contributed by atoms with E-state index in [0.717, 1.165) is 5.56 Å². The minimum atomic E-state index is -0.534. The maximum absolute atomic E-state index is 13.1. The van der Waals surface area contributed by atoms with Gasteiger partial charge in [0.15, 0.2) is 0 Å². The number of nitrogens with zero attached hydrogens (tertiary/aromatic N) is 3. The van der Waals surface area contributed by atoms with E-state index in [1.54, 1.807) is 40.1 Å². The molecule has 0 aliphatic carbocycles. The fourth-order valence-corrected chi connectivity index (χ4v) is 4.37. The fraction of sp³-hybridized carbons (Fsp3) is 0.375. The first-order valence-electron chi connectivity index (χ1n) is 10.7. The zero-order valence-corrected chi connectivity index (χ0v) is 18.0. The summed E-state index contributed by atoms with van der Waals surface area (Å²) in [5.41, 5.74) is 1.30. The van der Waals surface area contributed by atoms with Gasteiger partial charge in [-0.05, 0) is 42.7 Å². The van der Waals surface area contributed by atoms with Crippen LogP contribution in [0.15, 0.2) is 48.5 Å². The number of likely N-dealkylation sites (tertiary alicyclic amines) is 1. The first kappa shape index (κ1) is 21.8. The Balaban J connectivity index is 1.34. The molecule has 2 aromatic carbocycles. The van der Waals surface area contributed by atoms with E-state index in [2.05, 4.69) is 0 Å². The van der Waals surface area contributed by atoms with Crippen LogP contribution in [-0.2, 0) is 16.1 Å². The van der Waals surface area contributed by atoms with Gasteiger partial charge in [-0.3, -0.25) is 14.4 Å². The Labute approximate surface area is 186 Å². The smallest absolute Gasteiger partial charge is 0.312 e. The van der Waals surface area contributed by atoms with Crippen molar-refractivity contribution in [2.45, 2.75) is 25.4 Å². The quantitative estimate of drug-likeness (QED) is 0.671. The van der Waals surface area contributed by atoms with Crippen molar-refractivity contribution in [1.29, 1.82) is 0 Å². The summed E-state index contributed by atoms with van der Waals surface area (Å²) in [6, 6.07) is 13.0. The van der Waals surface area contributed by atoms with E-state index in [1.807, 2.05) is 6.07 Å². The normalized spacial score (nSPS) is 17.6. The number of amides is 3. The van der Waals surface area contributed by atoms with Crippen LogP contribution in [0.25, 0.3) is 0 Å². The van der Waals surface area contributed by atoms with Crippen molar-refractivity contribution in [2.24, 2.45) is 0 Å². The summed E-state index contributed by atoms with van der Waals surface area (Å²) in [6.45, 7) is 2.20. The third kappa shape index (κ3) is 4.44. The Morgan fingerprint density at radius 1 is 0.969 bits per heavy atom. The first-order valence-corrected chi connectivity index (χ1v) is 10.7. The number of methoxy groups -OCH3 is 1. The van der Waals surface area contributed by atoms with Crippen molar-refractivity contribution in [3.8, 4) is 5.75 Å². The molecule has 0 spiro atoms. The van der Waals surface area contributed by atoms with Gasteiger partial charge in [-0.2, -0.15) is 0 Å². The Morgan fingerprint density at radius 2 is 1.66 bits per heavy atom. The van der Waals surface area contributed by atoms with Crippen molar-refractivity contribution in [3.63, 3.8) is 0 Å². The number of ether oxygens (including phenoxy) is 1. The molecule has 4 rings (SSSR count). The number of hydrogen-bond donors (Lipinski definition) is 0. The Kier molecular flexibility index (Phi) is 6.39. The number of carbonyl (C=O) groups is 3. The SMILES string of the molecule is COc1ccccc1C(=O)N1CCC(N2CCN(Cc3ccc(F)cc3)C(=O)C2=O)CC1. The van der Waals surface area contributed by atoms with Gasteiger partial charge in [-0.15, -0.1) is 0 Å². The second-order valence-electron chi connectivity index (χ2n) is 8.08. The van der Waals surface area contributed by atoms with E-state index in [9.17, 15) is 18.8 Å². The van der Waals surface area contributed by atoms with E-state index >= 15 is 0 Å². The molecule has 168 valence electrons. The number of hydrogen-bond acceptors (Lipinski definition) is 4. The average molecular weight is 439 g/mol. The molecular formula is C24H26FN3O4. The molecule has 2 fully saturated rings. The van der Waals surface area contributed by atoms with E-state index in [-0.39, 0.29) is 24.3 Å². The maximum Gasteiger partial charge on any atom is 0.312 e. The van der Waals surface area contributed by atoms with Crippen molar-refractivity contribution < 1.29 is 23.5 Å². The predicted molar refractivity (Wildman–Crippen MR) is 115 cm³/mol. The van der Waals surface area contributed by atoms with Crippen molar-refractivity contribution in [2.75, 3.05) is 33.3 Å². The third-order valence-electron chi connectivity index (χ3n) is 6.16. The highest BCUT2D eigenvalue weighted by atomic mass is 19.1. The molecule has 2 heterocycles. The highest BCUT2D eigenvalue weighted by Gasteiger charge is 2.38. The van der Waals surface area contributed by atoms with E-state index in [1.165, 1.54) is 24.1 Å². The molecule has 2 aromatic rings. The average Bonchev–Trinajstić information content (AvgIpc) is 2.83. The van der Waals surface area contributed by atoms with Gasteiger partial charge in [0.2, 0.25) is 0 Å². The van der Waals surface area contributed by atoms with Gasteiger partial charge >= 0.3 is 11.8 Å². The molecule has 3 amide bonds. The van der Waals surface area contributed by atoms with Crippen LogP contribution >= 0.6 is 0 Å². The van der Waals surface area contributed by atoms with E-state index < -0.39 is 11.8 Å². The molecule has 0 radical (unpaired) electrons. The number of benzene rings is 2. The topological polar surface area (TPSA) is 70.2 Å². The van der Waals surface area contributed by atoms with Gasteiger partial charge < -0.3 is 19.4 Å². The van der Waals surface area contributed by atoms with Gasteiger partial charge in [-0.1, -0.05) is 24.3 Å². The van der Waals surface area contributed by atoms with Crippen LogP contribution in [0.5, 0.6) is 5.75 Å². The van der Waals surface area contributed by atoms with Crippen LogP contribution in [0.4, 0.5) is 4.39 Å². The summed E-state index contributed by atoms with van der Waals surface area (Å²) < 4.78 is 18.4. The van der Waals surface area contributed by atoms with Crippen molar-refractivity contribution in [3.05, 3.63) is 65.5 Å². The van der Waals surface area contributed by atoms with Crippen LogP contribution in [0.3, 0.4) is 0 Å². The lowest BCUT2D eigenvalue weighted by Crippen LogP contribution is -2.59. The summed E-state index contributed by atoms with van der Waals surface area (Å²) in [7, 11) is 1.54. The minimum absolute atomic E-state index is 0.0684. The number of carbonyl (C=O) groups excluding carboxylic acids is 3. The van der Waals surface area contributed by atoms with Gasteiger partial charge in [0, 0.05) is 38.8 Å². The molecule has 2 aliphatic heterocycles. The van der Waals surface area contributed by atoms with E-state index in [0.29, 0.717) is 50.3 Å². The Hall–Kier alpha value is -3.42. The number of rotatable bonds is 5. The molecule has 2 saturated heterocycles. The van der Waals surface area contributed by atoms with Gasteiger partial charge in [0.05, 0.1) is 12.7 Å². The molecule has 0 unspecified atom stereocenters. The molecule has 2 aliphatic rings. The molecular weight excluding hydrogens is 413 g/mol. The highest BCUT2D eigenvalue weighted by molar-refractivity contribution is 6.35. The molecule has 7 nitrogen and oxygen atoms in total. The number of piperidine rings is 1. The number of halogens is 1. The van der Waals surface area contributed by atoms with Crippen molar-refractivity contribution >= 4 is 17.7 Å². The zero-order valence-electron chi connectivity index (χ0n) is 18.0. The van der Waals surface area contributed by atoms with Gasteiger partial charge in [0.1, 0.15) is 11.6 Å². The van der Waals surface area contributed by atoms with Crippen molar-refractivity contribution in [1.82, 2.24) is 14.7 Å². The molecule has 0 bridgehead atoms. The molecule has 0 saturated carbocycles. The molecule has 0 N–H and O–H groups in total. The molecule has 0 aromatic heterocycles. The van der Waals surface area contributed by atoms with E-state index in [4.69, 9.17) is 4.74 Å². The lowest BCUT2D eigenvalue weighted by molar-refractivity contribution is -0.158. The Morgan fingerprint density at radius 3 is 2.34 bits per heavy atom. The standard InChI is InChI=1S/C24H26FN3O4/c1-32-21-5-3-2-4-20(21)22(29)26-12-10-19(11-13-26)28-15-14-27(23(30)24(28)31)16-17-6-8-18(25)9-7-17/h2-9,19H,10-16H2,1H3. The van der Waals surface area contributed by atoms with Gasteiger partial charge in [0.25, 0.3) is 5.91 Å². The molecule has 32 heavy (non-hydrogen) atoms. The summed E-state index contributed by atoms with van der Waals surface area (Å²) in [6.07, 6.45) is 1.25. The molecule has 0 atom stereocenters. The Bertz CT molecular complexity index is 1000. The lowest BCUT2D eigenvalue weighted by atomic mass is 10.0. The van der Waals surface area contributed by atoms with Crippen LogP contribution in [0, 0.1) is 5.82 Å². The predicted octanol–water partition coefficient (Wildman–Crippen LogP) is 2.31. The zero-order chi connectivity index (χ0) is 22.7. The van der Waals surface area contributed by atoms with Crippen LogP contribution < -0.4 is 4.74 Å². The van der Waals surface area contributed by atoms with Crippen LogP contribution in [-0.4, -0.2) is 71.8 Å². The van der Waals surface area contributed by atoms with Crippen LogP contribution in [0.2, 0.25) is 0 Å². The number of para-hydroxylation sites is 1. The largest absolute Gasteiger partial charge is 0.496 e. The highest BCUT2D eigenvalue weighted by Crippen LogP contribution is 2.24. The first-order chi connectivity index (χ1) is 15.5. The fourth-order valence-electron chi connectivity index (χ4n) is 4.37. The summed E-state index contributed by atoms with van der Waals surface area (Å²) in [5, 5.41) is 0. The minimum Gasteiger partial charge on any atom is -0.496 e. The second-order valence-corrected chi connectivity index (χ2v) is 8.08. The number of piperazine rings is 1. The van der Waals surface area contributed by atoms with Crippen LogP contribution in [0.1, 0.15) is 28.8 Å². The lowest BCUT2D eigenvalue weighted by Gasteiger charge is -2.42.